The van der Waals surface area contributed by atoms with Gasteiger partial charge >= 0.3 is 0 Å². The lowest BCUT2D eigenvalue weighted by Crippen LogP contribution is -2.31. The van der Waals surface area contributed by atoms with Crippen LogP contribution in [0.1, 0.15) is 21.9 Å². The highest BCUT2D eigenvalue weighted by molar-refractivity contribution is 7.09. The summed E-state index contributed by atoms with van der Waals surface area (Å²) in [6.07, 6.45) is 0.374. The Hall–Kier alpha value is -2.13. The Labute approximate surface area is 176 Å². The van der Waals surface area contributed by atoms with Gasteiger partial charge in [-0.25, -0.2) is 4.98 Å². The van der Waals surface area contributed by atoms with E-state index in [0.717, 1.165) is 5.01 Å². The van der Waals surface area contributed by atoms with Gasteiger partial charge in [0, 0.05) is 37.2 Å². The number of rotatable bonds is 10. The fourth-order valence-corrected chi connectivity index (χ4v) is 3.07. The molecule has 7 nitrogen and oxygen atoms in total. The van der Waals surface area contributed by atoms with Gasteiger partial charge in [0.15, 0.2) is 6.61 Å². The Morgan fingerprint density at radius 1 is 1.29 bits per heavy atom. The van der Waals surface area contributed by atoms with Crippen molar-refractivity contribution in [2.45, 2.75) is 13.0 Å². The number of carbonyl (C=O) groups is 2. The topological polar surface area (TPSA) is 89.5 Å². The van der Waals surface area contributed by atoms with Crippen molar-refractivity contribution in [3.8, 4) is 5.75 Å². The number of ether oxygens (including phenoxy) is 2. The molecule has 2 N–H and O–H groups in total. The van der Waals surface area contributed by atoms with E-state index in [9.17, 15) is 9.59 Å². The number of aromatic nitrogens is 1. The largest absolute Gasteiger partial charge is 0.484 e. The smallest absolute Gasteiger partial charge is 0.270 e. The van der Waals surface area contributed by atoms with Crippen molar-refractivity contribution >= 4 is 46.4 Å². The molecular formula is C18H19Cl2N3O4S. The molecule has 10 heteroatoms. The van der Waals surface area contributed by atoms with E-state index in [2.05, 4.69) is 22.2 Å². The number of nitrogens with zero attached hydrogens (tertiary/aromatic N) is 1. The van der Waals surface area contributed by atoms with Gasteiger partial charge in [-0.05, 0) is 12.1 Å². The third-order valence-corrected chi connectivity index (χ3v) is 4.90. The number of halogens is 2. The lowest BCUT2D eigenvalue weighted by atomic mass is 10.3. The molecule has 2 rings (SSSR count). The molecule has 0 saturated heterocycles. The molecule has 1 heterocycles. The first-order valence-electron chi connectivity index (χ1n) is 8.16. The summed E-state index contributed by atoms with van der Waals surface area (Å²) in [6, 6.07) is 4.72. The summed E-state index contributed by atoms with van der Waals surface area (Å²) in [5, 5.41) is 8.47. The van der Waals surface area contributed by atoms with Crippen LogP contribution in [0.3, 0.4) is 0 Å². The van der Waals surface area contributed by atoms with Gasteiger partial charge in [-0.2, -0.15) is 0 Å². The minimum Gasteiger partial charge on any atom is -0.484 e. The van der Waals surface area contributed by atoms with Crippen molar-refractivity contribution in [1.82, 2.24) is 15.6 Å². The monoisotopic (exact) mass is 443 g/mol. The fraction of sp³-hybridized carbons (Fsp3) is 0.278. The van der Waals surface area contributed by atoms with Gasteiger partial charge in [0.1, 0.15) is 16.5 Å². The second-order valence-electron chi connectivity index (χ2n) is 5.58. The highest BCUT2D eigenvalue weighted by atomic mass is 35.5. The number of thiazole rings is 1. The number of amides is 2. The molecule has 0 fully saturated rings. The number of benzene rings is 1. The van der Waals surface area contributed by atoms with Gasteiger partial charge < -0.3 is 20.1 Å². The van der Waals surface area contributed by atoms with E-state index in [0.29, 0.717) is 46.8 Å². The zero-order valence-electron chi connectivity index (χ0n) is 15.1. The Morgan fingerprint density at radius 3 is 2.79 bits per heavy atom. The second-order valence-corrected chi connectivity index (χ2v) is 7.34. The van der Waals surface area contributed by atoms with E-state index in [-0.39, 0.29) is 18.4 Å². The summed E-state index contributed by atoms with van der Waals surface area (Å²) in [7, 11) is 1.57. The number of hydrogen-bond acceptors (Lipinski definition) is 6. The van der Waals surface area contributed by atoms with Gasteiger partial charge in [0.05, 0.1) is 16.7 Å². The first kappa shape index (κ1) is 22.2. The van der Waals surface area contributed by atoms with Crippen LogP contribution in [0, 0.1) is 0 Å². The second kappa shape index (κ2) is 11.0. The highest BCUT2D eigenvalue weighted by Crippen LogP contribution is 2.26. The number of carbonyl (C=O) groups excluding carboxylic acids is 2. The lowest BCUT2D eigenvalue weighted by Gasteiger charge is -2.10. The van der Waals surface area contributed by atoms with E-state index < -0.39 is 0 Å². The molecule has 0 saturated carbocycles. The minimum absolute atomic E-state index is 0.204. The van der Waals surface area contributed by atoms with Crippen LogP contribution in [0.4, 0.5) is 0 Å². The van der Waals surface area contributed by atoms with Crippen molar-refractivity contribution in [2.75, 3.05) is 20.3 Å². The van der Waals surface area contributed by atoms with Crippen molar-refractivity contribution in [3.63, 3.8) is 0 Å². The highest BCUT2D eigenvalue weighted by Gasteiger charge is 2.11. The van der Waals surface area contributed by atoms with Crippen LogP contribution in [-0.4, -0.2) is 37.1 Å². The van der Waals surface area contributed by atoms with Gasteiger partial charge in [-0.15, -0.1) is 11.3 Å². The summed E-state index contributed by atoms with van der Waals surface area (Å²) < 4.78 is 10.3. The van der Waals surface area contributed by atoms with Crippen LogP contribution in [-0.2, 0) is 16.1 Å². The summed E-state index contributed by atoms with van der Waals surface area (Å²) in [5.74, 6) is -0.231. The molecule has 0 aliphatic heterocycles. The molecule has 1 aromatic carbocycles. The van der Waals surface area contributed by atoms with Gasteiger partial charge in [-0.1, -0.05) is 29.8 Å². The number of hydrogen-bond donors (Lipinski definition) is 2. The van der Waals surface area contributed by atoms with Crippen molar-refractivity contribution in [1.29, 1.82) is 0 Å². The lowest BCUT2D eigenvalue weighted by molar-refractivity contribution is -0.122. The Balaban J connectivity index is 1.67. The average molecular weight is 444 g/mol. The van der Waals surface area contributed by atoms with E-state index in [1.807, 2.05) is 0 Å². The first-order valence-corrected chi connectivity index (χ1v) is 9.79. The molecule has 0 spiro atoms. The Morgan fingerprint density at radius 2 is 2.07 bits per heavy atom. The standard InChI is InChI=1S/C18H19Cl2N3O4S/c1-11(5-6-21-18(25)15-10-28-17(23-15)9-26-2)22-16(24)8-27-12-3-4-13(19)14(20)7-12/h3-4,7,10H,1,5-6,8-9H2,2H3,(H,21,25)(H,22,24). The predicted molar refractivity (Wildman–Crippen MR) is 109 cm³/mol. The molecule has 2 aromatic rings. The van der Waals surface area contributed by atoms with Crippen LogP contribution in [0.5, 0.6) is 5.75 Å². The summed E-state index contributed by atoms with van der Waals surface area (Å²) in [6.45, 7) is 4.24. The molecule has 0 aliphatic rings. The molecule has 1 aromatic heterocycles. The maximum Gasteiger partial charge on any atom is 0.270 e. The van der Waals surface area contributed by atoms with Crippen LogP contribution < -0.4 is 15.4 Å². The van der Waals surface area contributed by atoms with Gasteiger partial charge in [-0.3, -0.25) is 9.59 Å². The number of methoxy groups -OCH3 is 1. The van der Waals surface area contributed by atoms with Crippen LogP contribution in [0.15, 0.2) is 35.9 Å². The fourth-order valence-electron chi connectivity index (χ4n) is 2.03. The van der Waals surface area contributed by atoms with E-state index >= 15 is 0 Å². The normalized spacial score (nSPS) is 10.4. The Bertz CT molecular complexity index is 857. The van der Waals surface area contributed by atoms with Crippen LogP contribution in [0.25, 0.3) is 0 Å². The van der Waals surface area contributed by atoms with Crippen LogP contribution >= 0.6 is 34.5 Å². The molecule has 0 radical (unpaired) electrons. The quantitative estimate of drug-likeness (QED) is 0.586. The summed E-state index contributed by atoms with van der Waals surface area (Å²) in [4.78, 5) is 28.1. The summed E-state index contributed by atoms with van der Waals surface area (Å²) >= 11 is 13.1. The van der Waals surface area contributed by atoms with Gasteiger partial charge in [0.25, 0.3) is 11.8 Å². The SMILES string of the molecule is C=C(CCNC(=O)c1csc(COC)n1)NC(=O)COc1ccc(Cl)c(Cl)c1. The van der Waals surface area contributed by atoms with Gasteiger partial charge in [0.2, 0.25) is 0 Å². The molecule has 28 heavy (non-hydrogen) atoms. The first-order chi connectivity index (χ1) is 13.4. The molecule has 150 valence electrons. The molecule has 0 unspecified atom stereocenters. The molecular weight excluding hydrogens is 425 g/mol. The molecule has 0 bridgehead atoms. The summed E-state index contributed by atoms with van der Waals surface area (Å²) in [5.41, 5.74) is 0.795. The maximum atomic E-state index is 12.0. The molecule has 2 amide bonds. The van der Waals surface area contributed by atoms with Crippen LogP contribution in [0.2, 0.25) is 10.0 Å². The predicted octanol–water partition coefficient (Wildman–Crippen LogP) is 3.43. The van der Waals surface area contributed by atoms with E-state index in [4.69, 9.17) is 32.7 Å². The van der Waals surface area contributed by atoms with Crippen molar-refractivity contribution in [3.05, 3.63) is 56.6 Å². The molecule has 0 atom stereocenters. The Kier molecular flexibility index (Phi) is 8.72. The van der Waals surface area contributed by atoms with Crippen molar-refractivity contribution in [2.24, 2.45) is 0 Å². The molecule has 0 aliphatic carbocycles. The number of nitrogens with one attached hydrogen (secondary N) is 2. The minimum atomic E-state index is -0.369. The van der Waals surface area contributed by atoms with E-state index in [1.54, 1.807) is 24.6 Å². The zero-order valence-corrected chi connectivity index (χ0v) is 17.4. The third-order valence-electron chi connectivity index (χ3n) is 3.34. The average Bonchev–Trinajstić information content (AvgIpc) is 3.12. The zero-order chi connectivity index (χ0) is 20.5. The van der Waals surface area contributed by atoms with Crippen molar-refractivity contribution < 1.29 is 19.1 Å². The maximum absolute atomic E-state index is 12.0. The third kappa shape index (κ3) is 7.12. The van der Waals surface area contributed by atoms with E-state index in [1.165, 1.54) is 17.4 Å².